The first-order valence-electron chi connectivity index (χ1n) is 7.56. The number of anilines is 1. The van der Waals surface area contributed by atoms with Gasteiger partial charge in [0.2, 0.25) is 5.91 Å². The second-order valence-electron chi connectivity index (χ2n) is 5.90. The molecular formula is C15H20N2O3S. The number of carbonyl (C=O) groups is 2. The van der Waals surface area contributed by atoms with Gasteiger partial charge in [-0.3, -0.25) is 9.59 Å². The molecule has 0 saturated heterocycles. The lowest BCUT2D eigenvalue weighted by Gasteiger charge is -2.19. The van der Waals surface area contributed by atoms with Crippen LogP contribution < -0.4 is 5.32 Å². The van der Waals surface area contributed by atoms with E-state index >= 15 is 0 Å². The zero-order valence-electron chi connectivity index (χ0n) is 12.1. The normalized spacial score (nSPS) is 26.8. The molecule has 21 heavy (non-hydrogen) atoms. The molecule has 1 aromatic heterocycles. The summed E-state index contributed by atoms with van der Waals surface area (Å²) in [6.07, 6.45) is 4.88. The summed E-state index contributed by atoms with van der Waals surface area (Å²) in [4.78, 5) is 28.0. The number of fused-ring (bicyclic) bond motifs is 2. The van der Waals surface area contributed by atoms with Gasteiger partial charge in [0.15, 0.2) is 5.13 Å². The molecule has 0 spiro atoms. The molecule has 0 unspecified atom stereocenters. The third kappa shape index (κ3) is 3.26. The second-order valence-corrected chi connectivity index (χ2v) is 6.75. The maximum Gasteiger partial charge on any atom is 0.311 e. The third-order valence-electron chi connectivity index (χ3n) is 4.49. The van der Waals surface area contributed by atoms with E-state index in [4.69, 9.17) is 4.74 Å². The Hall–Kier alpha value is -1.43. The zero-order chi connectivity index (χ0) is 14.8. The highest BCUT2D eigenvalue weighted by atomic mass is 32.1. The Balaban J connectivity index is 1.54. The lowest BCUT2D eigenvalue weighted by atomic mass is 9.88. The highest BCUT2D eigenvalue weighted by molar-refractivity contribution is 7.13. The van der Waals surface area contributed by atoms with Crippen LogP contribution in [0.2, 0.25) is 0 Å². The minimum Gasteiger partial charge on any atom is -0.466 e. The molecular weight excluding hydrogens is 288 g/mol. The molecule has 3 rings (SSSR count). The van der Waals surface area contributed by atoms with Crippen LogP contribution in [0.5, 0.6) is 0 Å². The molecule has 1 aromatic rings. The maximum absolute atomic E-state index is 12.3. The number of thiazole rings is 1. The van der Waals surface area contributed by atoms with Gasteiger partial charge in [-0.2, -0.15) is 0 Å². The van der Waals surface area contributed by atoms with Gasteiger partial charge in [0, 0.05) is 11.3 Å². The molecule has 6 heteroatoms. The van der Waals surface area contributed by atoms with Crippen LogP contribution in [-0.4, -0.2) is 23.5 Å². The lowest BCUT2D eigenvalue weighted by Crippen LogP contribution is -2.27. The second kappa shape index (κ2) is 6.13. The summed E-state index contributed by atoms with van der Waals surface area (Å²) in [5.41, 5.74) is 0.654. The number of carbonyl (C=O) groups excluding carboxylic acids is 2. The number of amides is 1. The summed E-state index contributed by atoms with van der Waals surface area (Å²) in [6, 6.07) is 0. The van der Waals surface area contributed by atoms with Gasteiger partial charge < -0.3 is 10.1 Å². The van der Waals surface area contributed by atoms with Gasteiger partial charge in [-0.05, 0) is 38.0 Å². The van der Waals surface area contributed by atoms with E-state index in [1.807, 2.05) is 0 Å². The maximum atomic E-state index is 12.3. The molecule has 0 aliphatic heterocycles. The predicted octanol–water partition coefficient (Wildman–Crippen LogP) is 2.62. The van der Waals surface area contributed by atoms with E-state index in [-0.39, 0.29) is 24.2 Å². The number of aromatic nitrogens is 1. The molecule has 1 N–H and O–H groups in total. The number of rotatable bonds is 5. The molecule has 0 aromatic carbocycles. The molecule has 1 heterocycles. The monoisotopic (exact) mass is 308 g/mol. The summed E-state index contributed by atoms with van der Waals surface area (Å²) < 4.78 is 4.89. The Morgan fingerprint density at radius 2 is 2.29 bits per heavy atom. The van der Waals surface area contributed by atoms with Crippen molar-refractivity contribution in [3.63, 3.8) is 0 Å². The highest BCUT2D eigenvalue weighted by Crippen LogP contribution is 2.48. The van der Waals surface area contributed by atoms with E-state index in [1.165, 1.54) is 30.6 Å². The zero-order valence-corrected chi connectivity index (χ0v) is 12.9. The summed E-state index contributed by atoms with van der Waals surface area (Å²) >= 11 is 1.37. The van der Waals surface area contributed by atoms with Crippen LogP contribution in [0.4, 0.5) is 5.13 Å². The summed E-state index contributed by atoms with van der Waals surface area (Å²) in [7, 11) is 0. The minimum atomic E-state index is -0.284. The van der Waals surface area contributed by atoms with Crippen molar-refractivity contribution in [3.05, 3.63) is 11.1 Å². The Morgan fingerprint density at radius 3 is 2.95 bits per heavy atom. The van der Waals surface area contributed by atoms with Gasteiger partial charge in [0.1, 0.15) is 0 Å². The average molecular weight is 308 g/mol. The Labute approximate surface area is 128 Å². The van der Waals surface area contributed by atoms with Crippen LogP contribution in [0, 0.1) is 17.8 Å². The third-order valence-corrected chi connectivity index (χ3v) is 5.29. The lowest BCUT2D eigenvalue weighted by molar-refractivity contribution is -0.142. The molecule has 2 aliphatic rings. The van der Waals surface area contributed by atoms with Gasteiger partial charge in [-0.15, -0.1) is 11.3 Å². The number of esters is 1. The van der Waals surface area contributed by atoms with Crippen molar-refractivity contribution in [1.29, 1.82) is 0 Å². The molecule has 2 bridgehead atoms. The Bertz CT molecular complexity index is 543. The van der Waals surface area contributed by atoms with Crippen LogP contribution in [0.1, 0.15) is 38.3 Å². The van der Waals surface area contributed by atoms with Crippen LogP contribution in [0.25, 0.3) is 0 Å². The number of nitrogens with zero attached hydrogens (tertiary/aromatic N) is 1. The van der Waals surface area contributed by atoms with Crippen molar-refractivity contribution in [2.24, 2.45) is 17.8 Å². The summed E-state index contributed by atoms with van der Waals surface area (Å²) in [5, 5.41) is 5.29. The fraction of sp³-hybridized carbons (Fsp3) is 0.667. The van der Waals surface area contributed by atoms with E-state index in [0.717, 1.165) is 12.3 Å². The molecule has 1 amide bonds. The fourth-order valence-electron chi connectivity index (χ4n) is 3.57. The van der Waals surface area contributed by atoms with E-state index in [9.17, 15) is 9.59 Å². The van der Waals surface area contributed by atoms with Gasteiger partial charge in [-0.25, -0.2) is 4.98 Å². The van der Waals surface area contributed by atoms with Crippen LogP contribution in [0.15, 0.2) is 5.38 Å². The molecule has 2 aliphatic carbocycles. The van der Waals surface area contributed by atoms with Crippen LogP contribution >= 0.6 is 11.3 Å². The first-order chi connectivity index (χ1) is 10.2. The van der Waals surface area contributed by atoms with Crippen LogP contribution in [0.3, 0.4) is 0 Å². The smallest absolute Gasteiger partial charge is 0.311 e. The summed E-state index contributed by atoms with van der Waals surface area (Å²) in [6.45, 7) is 2.15. The topological polar surface area (TPSA) is 68.3 Å². The average Bonchev–Trinajstić information content (AvgIpc) is 3.15. The van der Waals surface area contributed by atoms with Crippen molar-refractivity contribution in [2.75, 3.05) is 11.9 Å². The van der Waals surface area contributed by atoms with Crippen LogP contribution in [-0.2, 0) is 20.7 Å². The van der Waals surface area contributed by atoms with E-state index in [2.05, 4.69) is 10.3 Å². The molecule has 0 radical (unpaired) electrons. The van der Waals surface area contributed by atoms with Gasteiger partial charge >= 0.3 is 5.97 Å². The Kier molecular flexibility index (Phi) is 4.24. The van der Waals surface area contributed by atoms with Crippen molar-refractivity contribution in [3.8, 4) is 0 Å². The van der Waals surface area contributed by atoms with E-state index in [1.54, 1.807) is 12.3 Å². The van der Waals surface area contributed by atoms with Crippen molar-refractivity contribution < 1.29 is 14.3 Å². The number of nitrogens with one attached hydrogen (secondary N) is 1. The first kappa shape index (κ1) is 14.5. The fourth-order valence-corrected chi connectivity index (χ4v) is 4.28. The SMILES string of the molecule is CCOC(=O)Cc1csc(NC(=O)[C@@H]2C[C@@H]3CC[C@H]2C3)n1. The van der Waals surface area contributed by atoms with Crippen molar-refractivity contribution >= 4 is 28.3 Å². The van der Waals surface area contributed by atoms with E-state index in [0.29, 0.717) is 23.4 Å². The number of ether oxygens (including phenoxy) is 1. The highest BCUT2D eigenvalue weighted by Gasteiger charge is 2.43. The number of hydrogen-bond donors (Lipinski definition) is 1. The van der Waals surface area contributed by atoms with Gasteiger partial charge in [0.25, 0.3) is 0 Å². The van der Waals surface area contributed by atoms with Gasteiger partial charge in [-0.1, -0.05) is 6.42 Å². The summed E-state index contributed by atoms with van der Waals surface area (Å²) in [5.74, 6) is 1.28. The van der Waals surface area contributed by atoms with Gasteiger partial charge in [0.05, 0.1) is 18.7 Å². The Morgan fingerprint density at radius 1 is 1.43 bits per heavy atom. The standard InChI is InChI=1S/C15H20N2O3S/c1-2-20-13(18)7-11-8-21-15(16-11)17-14(19)12-6-9-3-4-10(12)5-9/h8-10,12H,2-7H2,1H3,(H,16,17,19)/t9-,10+,12-/m1/s1. The number of hydrogen-bond acceptors (Lipinski definition) is 5. The molecule has 114 valence electrons. The van der Waals surface area contributed by atoms with E-state index < -0.39 is 0 Å². The largest absolute Gasteiger partial charge is 0.466 e. The molecule has 2 saturated carbocycles. The quantitative estimate of drug-likeness (QED) is 0.849. The molecule has 2 fully saturated rings. The van der Waals surface area contributed by atoms with Crippen molar-refractivity contribution in [2.45, 2.75) is 39.0 Å². The van der Waals surface area contributed by atoms with Crippen molar-refractivity contribution in [1.82, 2.24) is 4.98 Å². The molecule has 5 nitrogen and oxygen atoms in total. The molecule has 3 atom stereocenters. The minimum absolute atomic E-state index is 0.0965. The first-order valence-corrected chi connectivity index (χ1v) is 8.44. The predicted molar refractivity (Wildman–Crippen MR) is 80.0 cm³/mol.